The Labute approximate surface area is 149 Å². The molecule has 126 valence electrons. The molecule has 3 nitrogen and oxygen atoms in total. The van der Waals surface area contributed by atoms with E-state index in [1.165, 1.54) is 0 Å². The Kier molecular flexibility index (Phi) is 3.69. The van der Waals surface area contributed by atoms with E-state index < -0.39 is 0 Å². The topological polar surface area (TPSA) is 43.4 Å². The van der Waals surface area contributed by atoms with Gasteiger partial charge in [-0.25, -0.2) is 4.79 Å². The lowest BCUT2D eigenvalue weighted by molar-refractivity contribution is 0.546. The molecule has 2 heterocycles. The summed E-state index contributed by atoms with van der Waals surface area (Å²) in [5.41, 5.74) is 5.33. The maximum absolute atomic E-state index is 12.4. The van der Waals surface area contributed by atoms with E-state index in [1.807, 2.05) is 50.2 Å². The molecular formula is C21H17ClO3. The maximum atomic E-state index is 12.4. The van der Waals surface area contributed by atoms with Crippen LogP contribution < -0.4 is 5.63 Å². The standard InChI is InChI=1S/C21H17ClO3/c1-11-15-9-16-18(14-7-5-4-6-8-14)12(2)21(23)25-20(16)13(3)19(15)24-17(11)10-22/h4-9H,10H2,1-3H3. The van der Waals surface area contributed by atoms with E-state index in [-0.39, 0.29) is 5.63 Å². The van der Waals surface area contributed by atoms with E-state index >= 15 is 0 Å². The number of rotatable bonds is 2. The summed E-state index contributed by atoms with van der Waals surface area (Å²) in [7, 11) is 0. The predicted molar refractivity (Wildman–Crippen MR) is 101 cm³/mol. The summed E-state index contributed by atoms with van der Waals surface area (Å²) in [6, 6.07) is 12.0. The summed E-state index contributed by atoms with van der Waals surface area (Å²) < 4.78 is 11.5. The van der Waals surface area contributed by atoms with Crippen molar-refractivity contribution >= 4 is 33.5 Å². The molecule has 0 saturated heterocycles. The number of benzene rings is 2. The Hall–Kier alpha value is -2.52. The molecule has 0 aliphatic rings. The predicted octanol–water partition coefficient (Wildman–Crippen LogP) is 5.87. The first-order valence-electron chi connectivity index (χ1n) is 8.13. The van der Waals surface area contributed by atoms with Crippen LogP contribution in [0.1, 0.15) is 22.5 Å². The van der Waals surface area contributed by atoms with Gasteiger partial charge in [-0.1, -0.05) is 30.3 Å². The quantitative estimate of drug-likeness (QED) is 0.334. The van der Waals surface area contributed by atoms with Crippen LogP contribution in [0.2, 0.25) is 0 Å². The van der Waals surface area contributed by atoms with Crippen molar-refractivity contribution in [2.45, 2.75) is 26.7 Å². The molecule has 25 heavy (non-hydrogen) atoms. The van der Waals surface area contributed by atoms with E-state index in [4.69, 9.17) is 20.4 Å². The van der Waals surface area contributed by atoms with Gasteiger partial charge in [-0.3, -0.25) is 0 Å². The van der Waals surface area contributed by atoms with Crippen LogP contribution in [0, 0.1) is 20.8 Å². The van der Waals surface area contributed by atoms with Crippen LogP contribution >= 0.6 is 11.6 Å². The van der Waals surface area contributed by atoms with Gasteiger partial charge in [0.25, 0.3) is 0 Å². The zero-order valence-electron chi connectivity index (χ0n) is 14.3. The van der Waals surface area contributed by atoms with Gasteiger partial charge < -0.3 is 8.83 Å². The Morgan fingerprint density at radius 2 is 1.56 bits per heavy atom. The van der Waals surface area contributed by atoms with E-state index in [0.717, 1.165) is 44.4 Å². The minimum atomic E-state index is -0.324. The molecule has 0 saturated carbocycles. The molecule has 0 aliphatic heterocycles. The zero-order valence-corrected chi connectivity index (χ0v) is 15.0. The highest BCUT2D eigenvalue weighted by atomic mass is 35.5. The smallest absolute Gasteiger partial charge is 0.339 e. The lowest BCUT2D eigenvalue weighted by atomic mass is 9.95. The average Bonchev–Trinajstić information content (AvgIpc) is 2.94. The summed E-state index contributed by atoms with van der Waals surface area (Å²) >= 11 is 6.00. The highest BCUT2D eigenvalue weighted by Gasteiger charge is 2.20. The molecule has 2 aromatic carbocycles. The normalized spacial score (nSPS) is 11.5. The number of halogens is 1. The molecule has 0 aliphatic carbocycles. The minimum absolute atomic E-state index is 0.310. The second-order valence-corrected chi connectivity index (χ2v) is 6.56. The van der Waals surface area contributed by atoms with Crippen LogP contribution in [-0.2, 0) is 5.88 Å². The highest BCUT2D eigenvalue weighted by Crippen LogP contribution is 2.38. The number of furan rings is 1. The third-order valence-corrected chi connectivity index (χ3v) is 5.08. The Balaban J connectivity index is 2.23. The molecule has 0 spiro atoms. The first-order chi connectivity index (χ1) is 12.0. The van der Waals surface area contributed by atoms with Crippen molar-refractivity contribution in [3.8, 4) is 11.1 Å². The first-order valence-corrected chi connectivity index (χ1v) is 8.66. The van der Waals surface area contributed by atoms with Gasteiger partial charge in [-0.15, -0.1) is 11.6 Å². The molecule has 0 fully saturated rings. The van der Waals surface area contributed by atoms with Gasteiger partial charge in [-0.05, 0) is 38.0 Å². The molecule has 4 aromatic rings. The molecule has 4 rings (SSSR count). The van der Waals surface area contributed by atoms with E-state index in [0.29, 0.717) is 17.0 Å². The summed E-state index contributed by atoms with van der Waals surface area (Å²) in [5.74, 6) is 1.06. The third kappa shape index (κ3) is 2.30. The van der Waals surface area contributed by atoms with Gasteiger partial charge in [0.1, 0.15) is 16.9 Å². The van der Waals surface area contributed by atoms with Crippen molar-refractivity contribution in [3.63, 3.8) is 0 Å². The number of aryl methyl sites for hydroxylation is 2. The fourth-order valence-corrected chi connectivity index (χ4v) is 3.69. The maximum Gasteiger partial charge on any atom is 0.339 e. The lowest BCUT2D eigenvalue weighted by Crippen LogP contribution is -2.06. The molecule has 0 N–H and O–H groups in total. The Bertz CT molecular complexity index is 1170. The largest absolute Gasteiger partial charge is 0.459 e. The third-order valence-electron chi connectivity index (χ3n) is 4.84. The second-order valence-electron chi connectivity index (χ2n) is 6.29. The molecule has 0 bridgehead atoms. The first kappa shape index (κ1) is 16.0. The van der Waals surface area contributed by atoms with E-state index in [2.05, 4.69) is 0 Å². The fourth-order valence-electron chi connectivity index (χ4n) is 3.44. The molecule has 0 amide bonds. The van der Waals surface area contributed by atoms with Gasteiger partial charge in [0.15, 0.2) is 0 Å². The summed E-state index contributed by atoms with van der Waals surface area (Å²) in [6.07, 6.45) is 0. The number of alkyl halides is 1. The van der Waals surface area contributed by atoms with Crippen LogP contribution in [0.3, 0.4) is 0 Å². The molecular weight excluding hydrogens is 336 g/mol. The Morgan fingerprint density at radius 3 is 2.24 bits per heavy atom. The molecule has 2 aromatic heterocycles. The van der Waals surface area contributed by atoms with Gasteiger partial charge in [0, 0.05) is 27.5 Å². The van der Waals surface area contributed by atoms with Crippen LogP contribution in [0.15, 0.2) is 50.0 Å². The number of fused-ring (bicyclic) bond motifs is 2. The Morgan fingerprint density at radius 1 is 0.880 bits per heavy atom. The summed E-state index contributed by atoms with van der Waals surface area (Å²) in [5, 5.41) is 1.92. The monoisotopic (exact) mass is 352 g/mol. The minimum Gasteiger partial charge on any atom is -0.459 e. The van der Waals surface area contributed by atoms with Gasteiger partial charge in [0.2, 0.25) is 0 Å². The van der Waals surface area contributed by atoms with Crippen molar-refractivity contribution < 1.29 is 8.83 Å². The lowest BCUT2D eigenvalue weighted by Gasteiger charge is -2.11. The fraction of sp³-hybridized carbons (Fsp3) is 0.190. The van der Waals surface area contributed by atoms with Crippen LogP contribution in [-0.4, -0.2) is 0 Å². The van der Waals surface area contributed by atoms with E-state index in [9.17, 15) is 4.79 Å². The van der Waals surface area contributed by atoms with Crippen molar-refractivity contribution in [1.82, 2.24) is 0 Å². The molecule has 0 radical (unpaired) electrons. The van der Waals surface area contributed by atoms with Crippen LogP contribution in [0.4, 0.5) is 0 Å². The summed E-state index contributed by atoms with van der Waals surface area (Å²) in [6.45, 7) is 5.72. The second kappa shape index (κ2) is 5.78. The number of hydrogen-bond acceptors (Lipinski definition) is 3. The molecule has 4 heteroatoms. The van der Waals surface area contributed by atoms with Gasteiger partial charge in [-0.2, -0.15) is 0 Å². The van der Waals surface area contributed by atoms with Crippen molar-refractivity contribution in [2.75, 3.05) is 0 Å². The van der Waals surface area contributed by atoms with Gasteiger partial charge in [0.05, 0.1) is 5.88 Å². The van der Waals surface area contributed by atoms with Crippen LogP contribution in [0.5, 0.6) is 0 Å². The van der Waals surface area contributed by atoms with Crippen LogP contribution in [0.25, 0.3) is 33.1 Å². The average molecular weight is 353 g/mol. The van der Waals surface area contributed by atoms with Crippen molar-refractivity contribution in [1.29, 1.82) is 0 Å². The number of hydrogen-bond donors (Lipinski definition) is 0. The highest BCUT2D eigenvalue weighted by molar-refractivity contribution is 6.17. The molecule has 0 unspecified atom stereocenters. The van der Waals surface area contributed by atoms with Crippen molar-refractivity contribution in [3.05, 3.63) is 69.3 Å². The van der Waals surface area contributed by atoms with E-state index in [1.54, 1.807) is 6.92 Å². The SMILES string of the molecule is Cc1c(-c2ccccc2)c2cc3c(C)c(CCl)oc3c(C)c2oc1=O. The van der Waals surface area contributed by atoms with Gasteiger partial charge >= 0.3 is 5.63 Å². The zero-order chi connectivity index (χ0) is 17.7. The summed E-state index contributed by atoms with van der Waals surface area (Å²) in [4.78, 5) is 12.4. The van der Waals surface area contributed by atoms with Crippen molar-refractivity contribution in [2.24, 2.45) is 0 Å². The molecule has 0 atom stereocenters.